The maximum absolute atomic E-state index is 4.39. The minimum atomic E-state index is 1.13. The van der Waals surface area contributed by atoms with E-state index in [4.69, 9.17) is 0 Å². The van der Waals surface area contributed by atoms with Gasteiger partial charge in [0.2, 0.25) is 0 Å². The Labute approximate surface area is 69.7 Å². The van der Waals surface area contributed by atoms with Gasteiger partial charge in [0.15, 0.2) is 0 Å². The van der Waals surface area contributed by atoms with Crippen LogP contribution in [0.1, 0.15) is 10.6 Å². The highest BCUT2D eigenvalue weighted by molar-refractivity contribution is 7.18. The van der Waals surface area contributed by atoms with Crippen molar-refractivity contribution in [2.75, 3.05) is 0 Å². The van der Waals surface area contributed by atoms with Gasteiger partial charge in [-0.25, -0.2) is 4.98 Å². The van der Waals surface area contributed by atoms with Gasteiger partial charge in [-0.2, -0.15) is 0 Å². The summed E-state index contributed by atoms with van der Waals surface area (Å²) >= 11 is 1.75. The van der Waals surface area contributed by atoms with Crippen molar-refractivity contribution >= 4 is 21.6 Å². The molecule has 2 aromatic rings. The summed E-state index contributed by atoms with van der Waals surface area (Å²) < 4.78 is 1.29. The largest absolute Gasteiger partial charge is 0.242 e. The van der Waals surface area contributed by atoms with Crippen molar-refractivity contribution in [1.29, 1.82) is 0 Å². The van der Waals surface area contributed by atoms with Crippen molar-refractivity contribution in [3.05, 3.63) is 28.8 Å². The van der Waals surface area contributed by atoms with Crippen molar-refractivity contribution in [3.8, 4) is 0 Å². The molecule has 1 aromatic carbocycles. The van der Waals surface area contributed by atoms with Gasteiger partial charge in [-0.1, -0.05) is 6.07 Å². The quantitative estimate of drug-likeness (QED) is 0.582. The minimum Gasteiger partial charge on any atom is -0.242 e. The van der Waals surface area contributed by atoms with Gasteiger partial charge in [0.25, 0.3) is 0 Å². The van der Waals surface area contributed by atoms with E-state index >= 15 is 0 Å². The van der Waals surface area contributed by atoms with Crippen molar-refractivity contribution in [1.82, 2.24) is 4.98 Å². The summed E-state index contributed by atoms with van der Waals surface area (Å²) in [6, 6.07) is 6.38. The molecule has 0 aliphatic heterocycles. The van der Waals surface area contributed by atoms with E-state index in [0.29, 0.717) is 0 Å². The molecule has 0 amide bonds. The Morgan fingerprint density at radius 2 is 2.09 bits per heavy atom. The first-order valence-electron chi connectivity index (χ1n) is 3.59. The topological polar surface area (TPSA) is 12.9 Å². The molecule has 0 atom stereocenters. The molecule has 0 aliphatic rings. The second-order valence-corrected chi connectivity index (χ2v) is 3.94. The van der Waals surface area contributed by atoms with E-state index in [2.05, 4.69) is 30.1 Å². The molecule has 56 valence electrons. The van der Waals surface area contributed by atoms with E-state index in [1.807, 2.05) is 6.92 Å². The fraction of sp³-hybridized carbons (Fsp3) is 0.222. The molecule has 0 saturated carbocycles. The van der Waals surface area contributed by atoms with Crippen LogP contribution in [0.2, 0.25) is 0 Å². The van der Waals surface area contributed by atoms with Crippen LogP contribution in [-0.4, -0.2) is 4.98 Å². The Bertz CT molecular complexity index is 389. The molecule has 1 heterocycles. The number of nitrogens with zero attached hydrogens (tertiary/aromatic N) is 1. The molecule has 0 fully saturated rings. The highest BCUT2D eigenvalue weighted by atomic mass is 32.1. The van der Waals surface area contributed by atoms with Gasteiger partial charge in [-0.15, -0.1) is 11.3 Å². The number of benzene rings is 1. The van der Waals surface area contributed by atoms with Gasteiger partial charge in [-0.05, 0) is 31.5 Å². The second kappa shape index (κ2) is 2.31. The van der Waals surface area contributed by atoms with Crippen LogP contribution in [0.4, 0.5) is 0 Å². The van der Waals surface area contributed by atoms with E-state index in [9.17, 15) is 0 Å². The number of fused-ring (bicyclic) bond motifs is 1. The molecule has 2 rings (SSSR count). The van der Waals surface area contributed by atoms with Gasteiger partial charge < -0.3 is 0 Å². The first-order chi connectivity index (χ1) is 5.25. The van der Waals surface area contributed by atoms with Crippen LogP contribution >= 0.6 is 11.3 Å². The zero-order valence-corrected chi connectivity index (χ0v) is 7.40. The summed E-state index contributed by atoms with van der Waals surface area (Å²) in [7, 11) is 0. The van der Waals surface area contributed by atoms with Crippen molar-refractivity contribution in [2.24, 2.45) is 0 Å². The Hall–Kier alpha value is -0.890. The van der Waals surface area contributed by atoms with Gasteiger partial charge in [0.05, 0.1) is 15.2 Å². The summed E-state index contributed by atoms with van der Waals surface area (Å²) in [6.45, 7) is 4.13. The Balaban J connectivity index is 2.82. The van der Waals surface area contributed by atoms with Gasteiger partial charge >= 0.3 is 0 Å². The molecule has 0 unspecified atom stereocenters. The summed E-state index contributed by atoms with van der Waals surface area (Å²) in [5, 5.41) is 1.14. The van der Waals surface area contributed by atoms with Crippen LogP contribution in [-0.2, 0) is 0 Å². The van der Waals surface area contributed by atoms with Crippen molar-refractivity contribution in [2.45, 2.75) is 13.8 Å². The molecule has 0 radical (unpaired) electrons. The molecule has 1 nitrogen and oxygen atoms in total. The lowest BCUT2D eigenvalue weighted by Crippen LogP contribution is -1.71. The lowest BCUT2D eigenvalue weighted by Gasteiger charge is -1.88. The molecule has 11 heavy (non-hydrogen) atoms. The van der Waals surface area contributed by atoms with Crippen LogP contribution in [0.25, 0.3) is 10.2 Å². The Kier molecular flexibility index (Phi) is 1.43. The molecule has 2 heteroatoms. The molecule has 0 aliphatic carbocycles. The molecule has 0 bridgehead atoms. The number of aromatic nitrogens is 1. The average Bonchev–Trinajstić information content (AvgIpc) is 2.27. The zero-order chi connectivity index (χ0) is 7.84. The van der Waals surface area contributed by atoms with E-state index in [1.165, 1.54) is 10.3 Å². The number of aryl methyl sites for hydroxylation is 2. The van der Waals surface area contributed by atoms with Crippen molar-refractivity contribution in [3.63, 3.8) is 0 Å². The third-order valence-electron chi connectivity index (χ3n) is 1.65. The normalized spacial score (nSPS) is 10.7. The van der Waals surface area contributed by atoms with Crippen LogP contribution in [0.5, 0.6) is 0 Å². The average molecular weight is 163 g/mol. The van der Waals surface area contributed by atoms with Crippen LogP contribution in [0, 0.1) is 13.8 Å². The minimum absolute atomic E-state index is 1.13. The van der Waals surface area contributed by atoms with E-state index in [1.54, 1.807) is 11.3 Å². The molecular formula is C9H9NS. The number of thiazole rings is 1. The lowest BCUT2D eigenvalue weighted by atomic mass is 10.2. The highest BCUT2D eigenvalue weighted by Crippen LogP contribution is 2.21. The standard InChI is InChI=1S/C9H9NS/c1-6-3-4-9-8(5-6)10-7(2)11-9/h3-5H,1-2H3. The van der Waals surface area contributed by atoms with E-state index in [0.717, 1.165) is 10.5 Å². The molecule has 0 N–H and O–H groups in total. The predicted molar refractivity (Wildman–Crippen MR) is 49.1 cm³/mol. The summed E-state index contributed by atoms with van der Waals surface area (Å²) in [5.41, 5.74) is 2.41. The SMILES string of the molecule is Cc1ccc2sc(C)nc2c1. The molecule has 0 saturated heterocycles. The van der Waals surface area contributed by atoms with Crippen LogP contribution in [0.3, 0.4) is 0 Å². The van der Waals surface area contributed by atoms with Crippen LogP contribution < -0.4 is 0 Å². The molecular weight excluding hydrogens is 154 g/mol. The van der Waals surface area contributed by atoms with Gasteiger partial charge in [0.1, 0.15) is 0 Å². The third kappa shape index (κ3) is 1.14. The maximum Gasteiger partial charge on any atom is 0.0907 e. The number of hydrogen-bond donors (Lipinski definition) is 0. The summed E-state index contributed by atoms with van der Waals surface area (Å²) in [5.74, 6) is 0. The zero-order valence-electron chi connectivity index (χ0n) is 6.59. The maximum atomic E-state index is 4.39. The van der Waals surface area contributed by atoms with E-state index < -0.39 is 0 Å². The highest BCUT2D eigenvalue weighted by Gasteiger charge is 1.98. The lowest BCUT2D eigenvalue weighted by molar-refractivity contribution is 1.34. The fourth-order valence-corrected chi connectivity index (χ4v) is 1.96. The molecule has 1 aromatic heterocycles. The smallest absolute Gasteiger partial charge is 0.0907 e. The number of rotatable bonds is 0. The Morgan fingerprint density at radius 3 is 2.91 bits per heavy atom. The van der Waals surface area contributed by atoms with Gasteiger partial charge in [-0.3, -0.25) is 0 Å². The number of hydrogen-bond acceptors (Lipinski definition) is 2. The Morgan fingerprint density at radius 1 is 1.27 bits per heavy atom. The van der Waals surface area contributed by atoms with Crippen LogP contribution in [0.15, 0.2) is 18.2 Å². The summed E-state index contributed by atoms with van der Waals surface area (Å²) in [4.78, 5) is 4.39. The second-order valence-electron chi connectivity index (χ2n) is 2.70. The summed E-state index contributed by atoms with van der Waals surface area (Å²) in [6.07, 6.45) is 0. The first-order valence-corrected chi connectivity index (χ1v) is 4.41. The fourth-order valence-electron chi connectivity index (χ4n) is 1.15. The van der Waals surface area contributed by atoms with Gasteiger partial charge in [0, 0.05) is 0 Å². The van der Waals surface area contributed by atoms with Crippen molar-refractivity contribution < 1.29 is 0 Å². The molecule has 0 spiro atoms. The monoisotopic (exact) mass is 163 g/mol. The van der Waals surface area contributed by atoms with E-state index in [-0.39, 0.29) is 0 Å². The predicted octanol–water partition coefficient (Wildman–Crippen LogP) is 2.91. The first kappa shape index (κ1) is 6.80. The third-order valence-corrected chi connectivity index (χ3v) is 2.60.